The number of benzene rings is 2. The molecular formula is C23H20FN3O4. The highest BCUT2D eigenvalue weighted by atomic mass is 19.1. The van der Waals surface area contributed by atoms with Crippen LogP contribution in [0.15, 0.2) is 53.3 Å². The van der Waals surface area contributed by atoms with Crippen LogP contribution < -0.4 is 15.2 Å². The van der Waals surface area contributed by atoms with Crippen LogP contribution in [0.2, 0.25) is 0 Å². The Labute approximate surface area is 177 Å². The van der Waals surface area contributed by atoms with Crippen LogP contribution in [-0.4, -0.2) is 35.1 Å². The number of anilines is 1. The third-order valence-electron chi connectivity index (χ3n) is 5.28. The van der Waals surface area contributed by atoms with E-state index in [-0.39, 0.29) is 24.0 Å². The molecule has 0 saturated carbocycles. The maximum Gasteiger partial charge on any atom is 0.267 e. The number of fused-ring (bicyclic) bond motifs is 1. The van der Waals surface area contributed by atoms with Gasteiger partial charge in [0, 0.05) is 42.4 Å². The van der Waals surface area contributed by atoms with E-state index < -0.39 is 11.4 Å². The topological polar surface area (TPSA) is 81.5 Å². The number of ketones is 1. The van der Waals surface area contributed by atoms with Crippen LogP contribution in [-0.2, 0) is 17.8 Å². The maximum absolute atomic E-state index is 13.5. The second-order valence-electron chi connectivity index (χ2n) is 7.25. The molecule has 0 atom stereocenters. The highest BCUT2D eigenvalue weighted by Gasteiger charge is 2.23. The number of methoxy groups -OCH3 is 1. The third kappa shape index (κ3) is 3.96. The molecule has 0 spiro atoms. The molecule has 0 unspecified atom stereocenters. The lowest BCUT2D eigenvalue weighted by Crippen LogP contribution is -2.26. The van der Waals surface area contributed by atoms with Gasteiger partial charge in [0.25, 0.3) is 5.56 Å². The Morgan fingerprint density at radius 3 is 2.68 bits per heavy atom. The summed E-state index contributed by atoms with van der Waals surface area (Å²) in [4.78, 5) is 38.5. The average molecular weight is 421 g/mol. The quantitative estimate of drug-likeness (QED) is 0.592. The summed E-state index contributed by atoms with van der Waals surface area (Å²) in [6.45, 7) is 1.85. The Balaban J connectivity index is 1.62. The lowest BCUT2D eigenvalue weighted by atomic mass is 10.1. The number of hydrogen-bond donors (Lipinski definition) is 0. The van der Waals surface area contributed by atoms with Gasteiger partial charge in [-0.05, 0) is 48.4 Å². The largest absolute Gasteiger partial charge is 0.496 e. The summed E-state index contributed by atoms with van der Waals surface area (Å²) in [5.74, 6) is -0.495. The van der Waals surface area contributed by atoms with Gasteiger partial charge >= 0.3 is 0 Å². The van der Waals surface area contributed by atoms with Crippen molar-refractivity contribution in [2.75, 3.05) is 18.6 Å². The van der Waals surface area contributed by atoms with E-state index in [0.717, 1.165) is 15.9 Å². The summed E-state index contributed by atoms with van der Waals surface area (Å²) in [5.41, 5.74) is 2.64. The van der Waals surface area contributed by atoms with Gasteiger partial charge in [-0.15, -0.1) is 0 Å². The number of aromatic nitrogens is 2. The molecule has 0 fully saturated rings. The maximum atomic E-state index is 13.5. The van der Waals surface area contributed by atoms with E-state index in [4.69, 9.17) is 4.74 Å². The van der Waals surface area contributed by atoms with Gasteiger partial charge in [-0.2, -0.15) is 5.10 Å². The Hall–Kier alpha value is -3.81. The van der Waals surface area contributed by atoms with Crippen molar-refractivity contribution in [2.45, 2.75) is 19.9 Å². The highest BCUT2D eigenvalue weighted by molar-refractivity contribution is 5.98. The fourth-order valence-electron chi connectivity index (χ4n) is 3.71. The van der Waals surface area contributed by atoms with Crippen LogP contribution in [0.5, 0.6) is 5.75 Å². The molecule has 4 rings (SSSR count). The molecule has 0 saturated heterocycles. The lowest BCUT2D eigenvalue weighted by Gasteiger charge is -2.14. The van der Waals surface area contributed by atoms with E-state index in [1.807, 2.05) is 0 Å². The second kappa shape index (κ2) is 8.14. The number of amides is 1. The molecule has 8 heteroatoms. The highest BCUT2D eigenvalue weighted by Crippen LogP contribution is 2.30. The van der Waals surface area contributed by atoms with Gasteiger partial charge < -0.3 is 9.64 Å². The normalized spacial score (nSPS) is 12.5. The summed E-state index contributed by atoms with van der Waals surface area (Å²) >= 11 is 0. The Morgan fingerprint density at radius 1 is 1.13 bits per heavy atom. The Morgan fingerprint density at radius 2 is 1.94 bits per heavy atom. The summed E-state index contributed by atoms with van der Waals surface area (Å²) in [6.07, 6.45) is 0.675. The van der Waals surface area contributed by atoms with E-state index in [9.17, 15) is 18.8 Å². The van der Waals surface area contributed by atoms with Crippen LogP contribution in [0, 0.1) is 5.82 Å². The van der Waals surface area contributed by atoms with Crippen LogP contribution >= 0.6 is 0 Å². The number of ether oxygens (including phenoxy) is 1. The number of halogens is 1. The standard InChI is InChI=1S/C23H20FN3O4/c1-14(28)26-10-9-15-11-16(3-7-20(15)26)21(29)13-27-23(30)8-6-19(25-27)18-5-4-17(24)12-22(18)31-2/h3-8,11-12H,9-10,13H2,1-2H3. The van der Waals surface area contributed by atoms with Crippen molar-refractivity contribution in [1.82, 2.24) is 9.78 Å². The molecule has 0 N–H and O–H groups in total. The number of nitrogens with zero attached hydrogens (tertiary/aromatic N) is 3. The van der Waals surface area contributed by atoms with Gasteiger partial charge in [-0.3, -0.25) is 14.4 Å². The lowest BCUT2D eigenvalue weighted by molar-refractivity contribution is -0.116. The van der Waals surface area contributed by atoms with Crippen molar-refractivity contribution in [1.29, 1.82) is 0 Å². The van der Waals surface area contributed by atoms with Gasteiger partial charge in [-0.1, -0.05) is 0 Å². The van der Waals surface area contributed by atoms with Gasteiger partial charge in [0.2, 0.25) is 5.91 Å². The first-order valence-corrected chi connectivity index (χ1v) is 9.73. The monoisotopic (exact) mass is 421 g/mol. The van der Waals surface area contributed by atoms with E-state index in [0.29, 0.717) is 29.8 Å². The Kier molecular flexibility index (Phi) is 5.37. The molecule has 2 aromatic carbocycles. The van der Waals surface area contributed by atoms with Gasteiger partial charge in [0.05, 0.1) is 12.8 Å². The number of rotatable bonds is 5. The minimum atomic E-state index is -0.455. The van der Waals surface area contributed by atoms with E-state index in [1.54, 1.807) is 23.1 Å². The number of carbonyl (C=O) groups is 2. The average Bonchev–Trinajstić information content (AvgIpc) is 3.19. The summed E-state index contributed by atoms with van der Waals surface area (Å²) < 4.78 is 19.8. The van der Waals surface area contributed by atoms with Crippen molar-refractivity contribution in [3.05, 3.63) is 75.8 Å². The van der Waals surface area contributed by atoms with Crippen LogP contribution in [0.3, 0.4) is 0 Å². The predicted octanol–water partition coefficient (Wildman–Crippen LogP) is 2.85. The van der Waals surface area contributed by atoms with Crippen LogP contribution in [0.1, 0.15) is 22.8 Å². The summed E-state index contributed by atoms with van der Waals surface area (Å²) in [5, 5.41) is 4.28. The molecule has 0 bridgehead atoms. The van der Waals surface area contributed by atoms with Crippen LogP contribution in [0.4, 0.5) is 10.1 Å². The Bertz CT molecular complexity index is 1250. The summed E-state index contributed by atoms with van der Waals surface area (Å²) in [7, 11) is 1.42. The first kappa shape index (κ1) is 20.5. The second-order valence-corrected chi connectivity index (χ2v) is 7.25. The molecule has 1 aromatic heterocycles. The van der Waals surface area contributed by atoms with E-state index in [1.165, 1.54) is 44.4 Å². The molecule has 2 heterocycles. The molecule has 3 aromatic rings. The van der Waals surface area contributed by atoms with E-state index >= 15 is 0 Å². The smallest absolute Gasteiger partial charge is 0.267 e. The molecule has 0 aliphatic carbocycles. The zero-order chi connectivity index (χ0) is 22.1. The predicted molar refractivity (Wildman–Crippen MR) is 113 cm³/mol. The molecule has 158 valence electrons. The molecule has 1 amide bonds. The van der Waals surface area contributed by atoms with Gasteiger partial charge in [0.1, 0.15) is 18.1 Å². The molecule has 1 aliphatic heterocycles. The minimum Gasteiger partial charge on any atom is -0.496 e. The molecular weight excluding hydrogens is 401 g/mol. The van der Waals surface area contributed by atoms with Crippen molar-refractivity contribution < 1.29 is 18.7 Å². The zero-order valence-electron chi connectivity index (χ0n) is 17.1. The fraction of sp³-hybridized carbons (Fsp3) is 0.217. The number of carbonyl (C=O) groups excluding carboxylic acids is 2. The fourth-order valence-corrected chi connectivity index (χ4v) is 3.71. The third-order valence-corrected chi connectivity index (χ3v) is 5.28. The molecule has 1 aliphatic rings. The minimum absolute atomic E-state index is 0.0402. The van der Waals surface area contributed by atoms with Crippen molar-refractivity contribution in [3.63, 3.8) is 0 Å². The van der Waals surface area contributed by atoms with Gasteiger partial charge in [0.15, 0.2) is 5.78 Å². The molecule has 0 radical (unpaired) electrons. The van der Waals surface area contributed by atoms with Crippen molar-refractivity contribution >= 4 is 17.4 Å². The molecule has 7 nitrogen and oxygen atoms in total. The van der Waals surface area contributed by atoms with Gasteiger partial charge in [-0.25, -0.2) is 9.07 Å². The number of Topliss-reactive ketones (excluding diaryl/α,β-unsaturated/α-hetero) is 1. The van der Waals surface area contributed by atoms with E-state index in [2.05, 4.69) is 5.10 Å². The van der Waals surface area contributed by atoms with Crippen molar-refractivity contribution in [3.8, 4) is 17.0 Å². The van der Waals surface area contributed by atoms with Crippen LogP contribution in [0.25, 0.3) is 11.3 Å². The molecule has 31 heavy (non-hydrogen) atoms. The first-order valence-electron chi connectivity index (χ1n) is 9.73. The zero-order valence-corrected chi connectivity index (χ0v) is 17.1. The SMILES string of the molecule is COc1cc(F)ccc1-c1ccc(=O)n(CC(=O)c2ccc3c(c2)CCN3C(C)=O)n1. The summed E-state index contributed by atoms with van der Waals surface area (Å²) in [6, 6.07) is 12.0. The van der Waals surface area contributed by atoms with Crippen molar-refractivity contribution in [2.24, 2.45) is 0 Å². The number of hydrogen-bond acceptors (Lipinski definition) is 5. The first-order chi connectivity index (χ1) is 14.9.